The lowest BCUT2D eigenvalue weighted by Crippen LogP contribution is -2.44. The van der Waals surface area contributed by atoms with Crippen LogP contribution in [0.3, 0.4) is 0 Å². The summed E-state index contributed by atoms with van der Waals surface area (Å²) in [6.07, 6.45) is 1.22. The van der Waals surface area contributed by atoms with Crippen LogP contribution in [0.15, 0.2) is 89.8 Å². The molecule has 0 radical (unpaired) electrons. The average molecular weight is 404 g/mol. The molecular formula is C26H29NOS. The number of nitrogens with zero attached hydrogens (tertiary/aromatic N) is 1. The van der Waals surface area contributed by atoms with E-state index < -0.39 is 0 Å². The van der Waals surface area contributed by atoms with Crippen molar-refractivity contribution in [2.75, 3.05) is 19.7 Å². The first-order valence-corrected chi connectivity index (χ1v) is 11.4. The second-order valence-corrected chi connectivity index (χ2v) is 8.72. The van der Waals surface area contributed by atoms with Gasteiger partial charge in [0.25, 0.3) is 0 Å². The molecule has 1 aliphatic heterocycles. The Bertz CT molecular complexity index is 883. The third-order valence-electron chi connectivity index (χ3n) is 5.50. The summed E-state index contributed by atoms with van der Waals surface area (Å²) in [5.41, 5.74) is 4.12. The SMILES string of the molecule is CCc1ccccc1SC(c1ccccc1)[C@@H]1CN(Cc2ccccc2)CCO1. The summed E-state index contributed by atoms with van der Waals surface area (Å²) in [4.78, 5) is 3.90. The Morgan fingerprint density at radius 3 is 2.38 bits per heavy atom. The van der Waals surface area contributed by atoms with Gasteiger partial charge in [-0.3, -0.25) is 4.90 Å². The van der Waals surface area contributed by atoms with Gasteiger partial charge in [-0.1, -0.05) is 85.8 Å². The van der Waals surface area contributed by atoms with E-state index in [1.807, 2.05) is 11.8 Å². The van der Waals surface area contributed by atoms with Gasteiger partial charge in [-0.15, -0.1) is 11.8 Å². The lowest BCUT2D eigenvalue weighted by Gasteiger charge is -2.37. The van der Waals surface area contributed by atoms with E-state index in [0.29, 0.717) is 0 Å². The fourth-order valence-electron chi connectivity index (χ4n) is 3.95. The van der Waals surface area contributed by atoms with Crippen LogP contribution in [0.25, 0.3) is 0 Å². The van der Waals surface area contributed by atoms with Gasteiger partial charge in [0.2, 0.25) is 0 Å². The predicted octanol–water partition coefficient (Wildman–Crippen LogP) is 5.98. The molecule has 3 aromatic carbocycles. The topological polar surface area (TPSA) is 12.5 Å². The molecule has 2 atom stereocenters. The van der Waals surface area contributed by atoms with E-state index in [0.717, 1.165) is 32.7 Å². The van der Waals surface area contributed by atoms with Crippen LogP contribution in [0, 0.1) is 0 Å². The largest absolute Gasteiger partial charge is 0.374 e. The molecule has 0 spiro atoms. The summed E-state index contributed by atoms with van der Waals surface area (Å²) in [6.45, 7) is 5.95. The lowest BCUT2D eigenvalue weighted by molar-refractivity contribution is -0.0319. The summed E-state index contributed by atoms with van der Waals surface area (Å²) < 4.78 is 6.35. The maximum absolute atomic E-state index is 6.35. The zero-order valence-electron chi connectivity index (χ0n) is 17.0. The molecule has 0 amide bonds. The van der Waals surface area contributed by atoms with Crippen LogP contribution in [-0.4, -0.2) is 30.7 Å². The van der Waals surface area contributed by atoms with Crippen molar-refractivity contribution in [3.05, 3.63) is 102 Å². The van der Waals surface area contributed by atoms with Gasteiger partial charge >= 0.3 is 0 Å². The molecule has 150 valence electrons. The van der Waals surface area contributed by atoms with E-state index in [9.17, 15) is 0 Å². The molecule has 1 unspecified atom stereocenters. The first-order valence-electron chi connectivity index (χ1n) is 10.5. The van der Waals surface area contributed by atoms with Crippen LogP contribution in [0.5, 0.6) is 0 Å². The van der Waals surface area contributed by atoms with E-state index in [4.69, 9.17) is 4.74 Å². The Kier molecular flexibility index (Phi) is 7.04. The van der Waals surface area contributed by atoms with Gasteiger partial charge < -0.3 is 4.74 Å². The molecule has 29 heavy (non-hydrogen) atoms. The molecule has 0 aromatic heterocycles. The quantitative estimate of drug-likeness (QED) is 0.450. The summed E-state index contributed by atoms with van der Waals surface area (Å²) in [7, 11) is 0. The van der Waals surface area contributed by atoms with Crippen molar-refractivity contribution < 1.29 is 4.74 Å². The standard InChI is InChI=1S/C26H29NOS/c1-2-22-13-9-10-16-25(22)29-26(23-14-7-4-8-15-23)24-20-27(17-18-28-24)19-21-11-5-3-6-12-21/h3-16,24,26H,2,17-20H2,1H3/t24-,26?/m0/s1. The number of aryl methyl sites for hydroxylation is 1. The van der Waals surface area contributed by atoms with Crippen LogP contribution >= 0.6 is 11.8 Å². The minimum atomic E-state index is 0.171. The summed E-state index contributed by atoms with van der Waals surface area (Å²) in [5.74, 6) is 0. The van der Waals surface area contributed by atoms with Gasteiger partial charge in [-0.25, -0.2) is 0 Å². The molecule has 4 rings (SSSR count). The van der Waals surface area contributed by atoms with E-state index >= 15 is 0 Å². The van der Waals surface area contributed by atoms with Crippen LogP contribution in [0.1, 0.15) is 28.9 Å². The molecule has 1 fully saturated rings. The van der Waals surface area contributed by atoms with E-state index in [-0.39, 0.29) is 11.4 Å². The summed E-state index contributed by atoms with van der Waals surface area (Å²) in [6, 6.07) is 30.4. The number of thioether (sulfide) groups is 1. The maximum atomic E-state index is 6.35. The van der Waals surface area contributed by atoms with Crippen LogP contribution in [-0.2, 0) is 17.7 Å². The van der Waals surface area contributed by atoms with Crippen molar-refractivity contribution >= 4 is 11.8 Å². The first kappa shape index (κ1) is 20.2. The van der Waals surface area contributed by atoms with Gasteiger partial charge in [-0.2, -0.15) is 0 Å². The third kappa shape index (κ3) is 5.30. The highest BCUT2D eigenvalue weighted by Gasteiger charge is 2.30. The minimum Gasteiger partial charge on any atom is -0.374 e. The smallest absolute Gasteiger partial charge is 0.0865 e. The van der Waals surface area contributed by atoms with Crippen LogP contribution in [0.4, 0.5) is 0 Å². The van der Waals surface area contributed by atoms with E-state index in [2.05, 4.69) is 96.8 Å². The Labute approximate surface area is 178 Å². The fourth-order valence-corrected chi connectivity index (χ4v) is 5.35. The molecule has 0 bridgehead atoms. The van der Waals surface area contributed by atoms with Gasteiger partial charge in [0, 0.05) is 24.5 Å². The van der Waals surface area contributed by atoms with Gasteiger partial charge in [0.1, 0.15) is 0 Å². The molecule has 3 heteroatoms. The normalized spacial score (nSPS) is 18.4. The molecule has 0 aliphatic carbocycles. The zero-order chi connectivity index (χ0) is 19.9. The minimum absolute atomic E-state index is 0.171. The number of hydrogen-bond acceptors (Lipinski definition) is 3. The summed E-state index contributed by atoms with van der Waals surface area (Å²) >= 11 is 1.96. The number of rotatable bonds is 7. The van der Waals surface area contributed by atoms with Crippen molar-refractivity contribution in [1.29, 1.82) is 0 Å². The Morgan fingerprint density at radius 1 is 0.931 bits per heavy atom. The average Bonchev–Trinajstić information content (AvgIpc) is 2.79. The van der Waals surface area contributed by atoms with Gasteiger partial charge in [0.15, 0.2) is 0 Å². The molecule has 1 aliphatic rings. The Morgan fingerprint density at radius 2 is 1.62 bits per heavy atom. The highest BCUT2D eigenvalue weighted by molar-refractivity contribution is 7.99. The second-order valence-electron chi connectivity index (χ2n) is 7.54. The highest BCUT2D eigenvalue weighted by atomic mass is 32.2. The zero-order valence-corrected chi connectivity index (χ0v) is 17.9. The van der Waals surface area contributed by atoms with Gasteiger partial charge in [-0.05, 0) is 29.2 Å². The van der Waals surface area contributed by atoms with Crippen molar-refractivity contribution in [2.45, 2.75) is 36.1 Å². The molecule has 0 N–H and O–H groups in total. The maximum Gasteiger partial charge on any atom is 0.0865 e. The molecule has 3 aromatic rings. The van der Waals surface area contributed by atoms with Crippen LogP contribution in [0.2, 0.25) is 0 Å². The molecule has 1 saturated heterocycles. The monoisotopic (exact) mass is 403 g/mol. The van der Waals surface area contributed by atoms with E-state index in [1.54, 1.807) is 0 Å². The fraction of sp³-hybridized carbons (Fsp3) is 0.308. The van der Waals surface area contributed by atoms with Crippen molar-refractivity contribution in [3.8, 4) is 0 Å². The van der Waals surface area contributed by atoms with E-state index in [1.165, 1.54) is 21.6 Å². The number of benzene rings is 3. The van der Waals surface area contributed by atoms with Crippen LogP contribution < -0.4 is 0 Å². The first-order chi connectivity index (χ1) is 14.3. The number of morpholine rings is 1. The Balaban J connectivity index is 1.55. The number of hydrogen-bond donors (Lipinski definition) is 0. The Hall–Kier alpha value is -2.07. The molecule has 0 saturated carbocycles. The van der Waals surface area contributed by atoms with Crippen molar-refractivity contribution in [1.82, 2.24) is 4.90 Å². The van der Waals surface area contributed by atoms with Gasteiger partial charge in [0.05, 0.1) is 18.0 Å². The third-order valence-corrected chi connectivity index (χ3v) is 6.98. The molecule has 1 heterocycles. The second kappa shape index (κ2) is 10.1. The highest BCUT2D eigenvalue weighted by Crippen LogP contribution is 2.41. The molecular weight excluding hydrogens is 374 g/mol. The lowest BCUT2D eigenvalue weighted by atomic mass is 10.1. The van der Waals surface area contributed by atoms with Crippen molar-refractivity contribution in [2.24, 2.45) is 0 Å². The number of ether oxygens (including phenoxy) is 1. The molecule has 2 nitrogen and oxygen atoms in total. The van der Waals surface area contributed by atoms with Crippen molar-refractivity contribution in [3.63, 3.8) is 0 Å². The predicted molar refractivity (Wildman–Crippen MR) is 122 cm³/mol. The summed E-state index contributed by atoms with van der Waals surface area (Å²) in [5, 5.41) is 0.280.